The monoisotopic (exact) mass is 395 g/mol. The summed E-state index contributed by atoms with van der Waals surface area (Å²) in [6.45, 7) is 0.407. The SMILES string of the molecule is N#Cc1ccccc1NC(=O)C1CCC(C(=O)NCc2ccccc2Cl)CC1. The standard InChI is InChI=1S/C22H22ClN3O2/c23-19-7-3-1-6-18(19)14-25-21(27)15-9-11-16(12-10-15)22(28)26-20-8-4-2-5-17(20)13-24/h1-8,15-16H,9-12,14H2,(H,25,27)(H,26,28). The summed E-state index contributed by atoms with van der Waals surface area (Å²) < 4.78 is 0. The van der Waals surface area contributed by atoms with Crippen LogP contribution in [-0.2, 0) is 16.1 Å². The number of nitriles is 1. The van der Waals surface area contributed by atoms with Crippen LogP contribution in [0, 0.1) is 23.2 Å². The molecule has 28 heavy (non-hydrogen) atoms. The first-order valence-electron chi connectivity index (χ1n) is 9.39. The summed E-state index contributed by atoms with van der Waals surface area (Å²) in [5.41, 5.74) is 1.87. The van der Waals surface area contributed by atoms with Crippen molar-refractivity contribution in [2.24, 2.45) is 11.8 Å². The van der Waals surface area contributed by atoms with Crippen LogP contribution in [0.15, 0.2) is 48.5 Å². The summed E-state index contributed by atoms with van der Waals surface area (Å²) in [6.07, 6.45) is 2.66. The smallest absolute Gasteiger partial charge is 0.227 e. The molecule has 1 aliphatic carbocycles. The molecule has 0 bridgehead atoms. The molecular formula is C22H22ClN3O2. The third-order valence-corrected chi connectivity index (χ3v) is 5.55. The van der Waals surface area contributed by atoms with Gasteiger partial charge in [0, 0.05) is 23.4 Å². The van der Waals surface area contributed by atoms with Gasteiger partial charge in [0.1, 0.15) is 6.07 Å². The van der Waals surface area contributed by atoms with E-state index in [1.807, 2.05) is 18.2 Å². The Balaban J connectivity index is 1.48. The molecule has 0 spiro atoms. The zero-order valence-electron chi connectivity index (χ0n) is 15.5. The molecule has 144 valence electrons. The minimum absolute atomic E-state index is 0.00797. The van der Waals surface area contributed by atoms with Gasteiger partial charge in [0.2, 0.25) is 11.8 Å². The Labute approximate surface area is 169 Å². The van der Waals surface area contributed by atoms with Crippen LogP contribution < -0.4 is 10.6 Å². The maximum Gasteiger partial charge on any atom is 0.227 e. The summed E-state index contributed by atoms with van der Waals surface area (Å²) in [7, 11) is 0. The van der Waals surface area contributed by atoms with Crippen LogP contribution in [0.25, 0.3) is 0 Å². The molecular weight excluding hydrogens is 374 g/mol. The predicted octanol–water partition coefficient (Wildman–Crippen LogP) is 4.27. The van der Waals surface area contributed by atoms with Crippen molar-refractivity contribution in [3.63, 3.8) is 0 Å². The average Bonchev–Trinajstić information content (AvgIpc) is 2.73. The van der Waals surface area contributed by atoms with Gasteiger partial charge >= 0.3 is 0 Å². The zero-order chi connectivity index (χ0) is 19.9. The lowest BCUT2D eigenvalue weighted by Gasteiger charge is -2.27. The predicted molar refractivity (Wildman–Crippen MR) is 109 cm³/mol. The molecule has 0 unspecified atom stereocenters. The first-order chi connectivity index (χ1) is 13.6. The lowest BCUT2D eigenvalue weighted by Crippen LogP contribution is -2.35. The summed E-state index contributed by atoms with van der Waals surface area (Å²) >= 11 is 6.12. The average molecular weight is 396 g/mol. The van der Waals surface area contributed by atoms with Crippen LogP contribution in [0.4, 0.5) is 5.69 Å². The Morgan fingerprint density at radius 1 is 0.964 bits per heavy atom. The van der Waals surface area contributed by atoms with Gasteiger partial charge < -0.3 is 10.6 Å². The Morgan fingerprint density at radius 3 is 2.25 bits per heavy atom. The minimum atomic E-state index is -0.139. The summed E-state index contributed by atoms with van der Waals surface area (Å²) in [6, 6.07) is 16.5. The minimum Gasteiger partial charge on any atom is -0.352 e. The number of hydrogen-bond acceptors (Lipinski definition) is 3. The number of rotatable bonds is 5. The van der Waals surface area contributed by atoms with Gasteiger partial charge in [0.05, 0.1) is 11.3 Å². The van der Waals surface area contributed by atoms with Gasteiger partial charge in [-0.2, -0.15) is 5.26 Å². The number of hydrogen-bond donors (Lipinski definition) is 2. The van der Waals surface area contributed by atoms with Crippen molar-refractivity contribution in [2.75, 3.05) is 5.32 Å². The lowest BCUT2D eigenvalue weighted by atomic mass is 9.81. The molecule has 5 nitrogen and oxygen atoms in total. The molecule has 0 heterocycles. The van der Waals surface area contributed by atoms with Crippen LogP contribution in [0.1, 0.15) is 36.8 Å². The number of nitrogens with zero attached hydrogens (tertiary/aromatic N) is 1. The second-order valence-electron chi connectivity index (χ2n) is 7.00. The van der Waals surface area contributed by atoms with E-state index >= 15 is 0 Å². The number of nitrogens with one attached hydrogen (secondary N) is 2. The topological polar surface area (TPSA) is 82.0 Å². The number of carbonyl (C=O) groups excluding carboxylic acids is 2. The Bertz CT molecular complexity index is 899. The molecule has 2 amide bonds. The van der Waals surface area contributed by atoms with Gasteiger partial charge in [0.15, 0.2) is 0 Å². The van der Waals surface area contributed by atoms with Crippen LogP contribution in [0.3, 0.4) is 0 Å². The zero-order valence-corrected chi connectivity index (χ0v) is 16.2. The van der Waals surface area contributed by atoms with Gasteiger partial charge in [-0.25, -0.2) is 0 Å². The van der Waals surface area contributed by atoms with Crippen LogP contribution in [0.2, 0.25) is 5.02 Å². The van der Waals surface area contributed by atoms with Crippen molar-refractivity contribution in [1.82, 2.24) is 5.32 Å². The third-order valence-electron chi connectivity index (χ3n) is 5.19. The van der Waals surface area contributed by atoms with Gasteiger partial charge in [-0.15, -0.1) is 0 Å². The highest BCUT2D eigenvalue weighted by Gasteiger charge is 2.30. The van der Waals surface area contributed by atoms with Gasteiger partial charge in [-0.1, -0.05) is 41.9 Å². The number of anilines is 1. The molecule has 2 aromatic carbocycles. The Kier molecular flexibility index (Phi) is 6.67. The summed E-state index contributed by atoms with van der Waals surface area (Å²) in [5.74, 6) is -0.302. The second-order valence-corrected chi connectivity index (χ2v) is 7.41. The highest BCUT2D eigenvalue weighted by molar-refractivity contribution is 6.31. The largest absolute Gasteiger partial charge is 0.352 e. The van der Waals surface area contributed by atoms with Crippen molar-refractivity contribution in [1.29, 1.82) is 5.26 Å². The first kappa shape index (κ1) is 19.9. The van der Waals surface area contributed by atoms with E-state index in [-0.39, 0.29) is 23.7 Å². The van der Waals surface area contributed by atoms with Crippen molar-refractivity contribution < 1.29 is 9.59 Å². The van der Waals surface area contributed by atoms with Crippen molar-refractivity contribution in [3.8, 4) is 6.07 Å². The van der Waals surface area contributed by atoms with E-state index in [4.69, 9.17) is 16.9 Å². The molecule has 1 saturated carbocycles. The summed E-state index contributed by atoms with van der Waals surface area (Å²) in [4.78, 5) is 25.0. The molecule has 0 aliphatic heterocycles. The van der Waals surface area contributed by atoms with Gasteiger partial charge in [0.25, 0.3) is 0 Å². The quantitative estimate of drug-likeness (QED) is 0.792. The molecule has 1 aliphatic rings. The molecule has 3 rings (SSSR count). The van der Waals surface area contributed by atoms with Gasteiger partial charge in [-0.3, -0.25) is 9.59 Å². The van der Waals surface area contributed by atoms with Crippen molar-refractivity contribution >= 4 is 29.1 Å². The molecule has 0 aromatic heterocycles. The number of halogens is 1. The third kappa shape index (κ3) is 4.90. The summed E-state index contributed by atoms with van der Waals surface area (Å²) in [5, 5.41) is 15.6. The molecule has 2 N–H and O–H groups in total. The van der Waals surface area contributed by atoms with Crippen molar-refractivity contribution in [2.45, 2.75) is 32.2 Å². The molecule has 2 aromatic rings. The number of carbonyl (C=O) groups is 2. The Hall–Kier alpha value is -2.84. The maximum absolute atomic E-state index is 12.5. The van der Waals surface area contributed by atoms with E-state index in [1.54, 1.807) is 30.3 Å². The number of amides is 2. The van der Waals surface area contributed by atoms with Crippen LogP contribution in [-0.4, -0.2) is 11.8 Å². The van der Waals surface area contributed by atoms with E-state index in [2.05, 4.69) is 16.7 Å². The van der Waals surface area contributed by atoms with E-state index in [9.17, 15) is 9.59 Å². The van der Waals surface area contributed by atoms with E-state index in [0.717, 1.165) is 5.56 Å². The number of benzene rings is 2. The van der Waals surface area contributed by atoms with E-state index < -0.39 is 0 Å². The van der Waals surface area contributed by atoms with Crippen LogP contribution >= 0.6 is 11.6 Å². The first-order valence-corrected chi connectivity index (χ1v) is 9.77. The molecule has 1 fully saturated rings. The molecule has 0 radical (unpaired) electrons. The fourth-order valence-electron chi connectivity index (χ4n) is 3.51. The highest BCUT2D eigenvalue weighted by Crippen LogP contribution is 2.30. The molecule has 6 heteroatoms. The molecule has 0 atom stereocenters. The fraction of sp³-hybridized carbons (Fsp3) is 0.318. The van der Waals surface area contributed by atoms with E-state index in [0.29, 0.717) is 48.5 Å². The lowest BCUT2D eigenvalue weighted by molar-refractivity contribution is -0.128. The second kappa shape index (κ2) is 9.38. The number of para-hydroxylation sites is 1. The van der Waals surface area contributed by atoms with E-state index in [1.165, 1.54) is 0 Å². The Morgan fingerprint density at radius 2 is 1.57 bits per heavy atom. The fourth-order valence-corrected chi connectivity index (χ4v) is 3.71. The van der Waals surface area contributed by atoms with Gasteiger partial charge in [-0.05, 0) is 49.4 Å². The van der Waals surface area contributed by atoms with Crippen LogP contribution in [0.5, 0.6) is 0 Å². The highest BCUT2D eigenvalue weighted by atomic mass is 35.5. The normalized spacial score (nSPS) is 18.7. The van der Waals surface area contributed by atoms with Crippen molar-refractivity contribution in [3.05, 3.63) is 64.7 Å². The maximum atomic E-state index is 12.5. The molecule has 0 saturated heterocycles.